The Labute approximate surface area is 174 Å². The van der Waals surface area contributed by atoms with Crippen LogP contribution in [0.1, 0.15) is 12.0 Å². The van der Waals surface area contributed by atoms with E-state index in [-0.39, 0.29) is 18.0 Å². The van der Waals surface area contributed by atoms with Crippen LogP contribution in [0, 0.1) is 5.82 Å². The van der Waals surface area contributed by atoms with Crippen LogP contribution < -0.4 is 10.6 Å². The first kappa shape index (κ1) is 20.0. The Hall–Kier alpha value is -3.26. The zero-order valence-corrected chi connectivity index (χ0v) is 16.6. The molecule has 1 fully saturated rings. The largest absolute Gasteiger partial charge is 0.340 e. The Morgan fingerprint density at radius 1 is 1.07 bits per heavy atom. The summed E-state index contributed by atoms with van der Waals surface area (Å²) in [4.78, 5) is 33.5. The Balaban J connectivity index is 1.37. The number of para-hydroxylation sites is 1. The summed E-state index contributed by atoms with van der Waals surface area (Å²) < 4.78 is 13.8. The average molecular weight is 409 g/mol. The number of benzene rings is 2. The van der Waals surface area contributed by atoms with Crippen LogP contribution in [0.15, 0.2) is 59.6 Å². The third-order valence-corrected chi connectivity index (χ3v) is 5.26. The maximum absolute atomic E-state index is 13.8. The fourth-order valence-electron chi connectivity index (χ4n) is 3.63. The average Bonchev–Trinajstić information content (AvgIpc) is 2.76. The Kier molecular flexibility index (Phi) is 6.04. The van der Waals surface area contributed by atoms with Crippen LogP contribution in [0.4, 0.5) is 10.1 Å². The van der Waals surface area contributed by atoms with Crippen LogP contribution in [-0.2, 0) is 16.1 Å². The number of hydrogen-bond acceptors (Lipinski definition) is 5. The highest BCUT2D eigenvalue weighted by atomic mass is 19.1. The summed E-state index contributed by atoms with van der Waals surface area (Å²) in [5, 5.41) is 5.31. The molecule has 0 radical (unpaired) electrons. The molecule has 4 rings (SSSR count). The number of piperazine rings is 1. The van der Waals surface area contributed by atoms with Crippen molar-refractivity contribution in [2.24, 2.45) is 4.99 Å². The number of carbonyl (C=O) groups excluding carboxylic acids is 2. The number of nitrogens with zero attached hydrogens (tertiary/aromatic N) is 3. The first-order valence-corrected chi connectivity index (χ1v) is 10.0. The molecule has 7 nitrogen and oxygen atoms in total. The maximum atomic E-state index is 13.8. The molecule has 156 valence electrons. The minimum Gasteiger partial charge on any atom is -0.340 e. The molecule has 0 unspecified atom stereocenters. The van der Waals surface area contributed by atoms with Crippen LogP contribution in [0.5, 0.6) is 0 Å². The molecule has 30 heavy (non-hydrogen) atoms. The third-order valence-electron chi connectivity index (χ3n) is 5.26. The Morgan fingerprint density at radius 3 is 2.50 bits per heavy atom. The fraction of sp³-hybridized carbons (Fsp3) is 0.318. The molecule has 1 saturated heterocycles. The van der Waals surface area contributed by atoms with E-state index in [1.165, 1.54) is 17.7 Å². The minimum absolute atomic E-state index is 0.0578. The van der Waals surface area contributed by atoms with E-state index in [2.05, 4.69) is 32.7 Å². The van der Waals surface area contributed by atoms with Crippen LogP contribution in [-0.4, -0.2) is 59.8 Å². The molecule has 0 aromatic heterocycles. The van der Waals surface area contributed by atoms with Gasteiger partial charge in [0.2, 0.25) is 17.8 Å². The van der Waals surface area contributed by atoms with E-state index < -0.39 is 17.8 Å². The first-order valence-electron chi connectivity index (χ1n) is 10.0. The lowest BCUT2D eigenvalue weighted by atomic mass is 10.1. The number of anilines is 1. The SMILES string of the molecule is O=C1C[C@H](C(=O)Nc2ccccc2F)N=C(N2CCN(Cc3ccccc3)CC2)N1. The van der Waals surface area contributed by atoms with Crippen molar-refractivity contribution < 1.29 is 14.0 Å². The smallest absolute Gasteiger partial charge is 0.249 e. The van der Waals surface area contributed by atoms with Gasteiger partial charge in [-0.05, 0) is 17.7 Å². The van der Waals surface area contributed by atoms with E-state index >= 15 is 0 Å². The monoisotopic (exact) mass is 409 g/mol. The lowest BCUT2D eigenvalue weighted by molar-refractivity contribution is -0.125. The van der Waals surface area contributed by atoms with Gasteiger partial charge in [-0.2, -0.15) is 0 Å². The van der Waals surface area contributed by atoms with Crippen molar-refractivity contribution in [3.8, 4) is 0 Å². The molecule has 0 bridgehead atoms. The highest BCUT2D eigenvalue weighted by Crippen LogP contribution is 2.16. The van der Waals surface area contributed by atoms with E-state index in [4.69, 9.17) is 0 Å². The minimum atomic E-state index is -0.879. The van der Waals surface area contributed by atoms with Gasteiger partial charge in [0.15, 0.2) is 0 Å². The first-order chi connectivity index (χ1) is 14.6. The molecule has 2 aromatic rings. The second kappa shape index (κ2) is 9.04. The summed E-state index contributed by atoms with van der Waals surface area (Å²) in [7, 11) is 0. The molecule has 1 atom stereocenters. The molecule has 2 aliphatic heterocycles. The van der Waals surface area contributed by atoms with Crippen molar-refractivity contribution in [1.29, 1.82) is 0 Å². The van der Waals surface area contributed by atoms with Crippen LogP contribution in [0.25, 0.3) is 0 Å². The third kappa shape index (κ3) is 4.83. The molecule has 2 aromatic carbocycles. The summed E-state index contributed by atoms with van der Waals surface area (Å²) in [6.45, 7) is 3.94. The predicted molar refractivity (Wildman–Crippen MR) is 112 cm³/mol. The van der Waals surface area contributed by atoms with Gasteiger partial charge < -0.3 is 10.2 Å². The zero-order valence-electron chi connectivity index (χ0n) is 16.6. The highest BCUT2D eigenvalue weighted by molar-refractivity contribution is 6.06. The molecule has 8 heteroatoms. The molecule has 0 aliphatic carbocycles. The second-order valence-electron chi connectivity index (χ2n) is 7.44. The molecule has 2 heterocycles. The number of aliphatic imine (C=N–C) groups is 1. The van der Waals surface area contributed by atoms with Gasteiger partial charge in [-0.25, -0.2) is 9.38 Å². The fourth-order valence-corrected chi connectivity index (χ4v) is 3.63. The number of guanidine groups is 1. The quantitative estimate of drug-likeness (QED) is 0.808. The summed E-state index contributed by atoms with van der Waals surface area (Å²) >= 11 is 0. The number of nitrogens with one attached hydrogen (secondary N) is 2. The highest BCUT2D eigenvalue weighted by Gasteiger charge is 2.30. The zero-order chi connectivity index (χ0) is 20.9. The van der Waals surface area contributed by atoms with E-state index in [0.29, 0.717) is 19.0 Å². The van der Waals surface area contributed by atoms with Gasteiger partial charge in [0.25, 0.3) is 0 Å². The van der Waals surface area contributed by atoms with Gasteiger partial charge in [0, 0.05) is 32.7 Å². The molecule has 2 aliphatic rings. The van der Waals surface area contributed by atoms with Crippen molar-refractivity contribution in [3.63, 3.8) is 0 Å². The standard InChI is InChI=1S/C22H24FN5O2/c23-17-8-4-5-9-18(17)24-21(30)19-14-20(29)26-22(25-19)28-12-10-27(11-13-28)15-16-6-2-1-3-7-16/h1-9,19H,10-15H2,(H,24,30)(H,25,26,29)/t19-/m1/s1. The molecule has 0 saturated carbocycles. The van der Waals surface area contributed by atoms with E-state index in [9.17, 15) is 14.0 Å². The van der Waals surface area contributed by atoms with Gasteiger partial charge in [0.1, 0.15) is 11.9 Å². The van der Waals surface area contributed by atoms with Crippen molar-refractivity contribution in [3.05, 3.63) is 66.0 Å². The summed E-state index contributed by atoms with van der Waals surface area (Å²) in [6.07, 6.45) is -0.0578. The van der Waals surface area contributed by atoms with Crippen LogP contribution >= 0.6 is 0 Å². The molecular formula is C22H24FN5O2. The van der Waals surface area contributed by atoms with E-state index in [0.717, 1.165) is 19.6 Å². The maximum Gasteiger partial charge on any atom is 0.249 e. The van der Waals surface area contributed by atoms with Crippen molar-refractivity contribution >= 4 is 23.5 Å². The lowest BCUT2D eigenvalue weighted by Gasteiger charge is -2.37. The molecule has 2 amide bonds. The predicted octanol–water partition coefficient (Wildman–Crippen LogP) is 1.83. The van der Waals surface area contributed by atoms with Gasteiger partial charge >= 0.3 is 0 Å². The van der Waals surface area contributed by atoms with Gasteiger partial charge in [0.05, 0.1) is 12.1 Å². The number of hydrogen-bond donors (Lipinski definition) is 2. The van der Waals surface area contributed by atoms with Crippen LogP contribution in [0.2, 0.25) is 0 Å². The molecule has 2 N–H and O–H groups in total. The van der Waals surface area contributed by atoms with Crippen molar-refractivity contribution in [2.45, 2.75) is 19.0 Å². The van der Waals surface area contributed by atoms with Gasteiger partial charge in [-0.15, -0.1) is 0 Å². The summed E-state index contributed by atoms with van der Waals surface area (Å²) in [6, 6.07) is 15.3. The van der Waals surface area contributed by atoms with Crippen molar-refractivity contribution in [1.82, 2.24) is 15.1 Å². The van der Waals surface area contributed by atoms with E-state index in [1.807, 2.05) is 23.1 Å². The second-order valence-corrected chi connectivity index (χ2v) is 7.44. The van der Waals surface area contributed by atoms with Crippen LogP contribution in [0.3, 0.4) is 0 Å². The van der Waals surface area contributed by atoms with Crippen molar-refractivity contribution in [2.75, 3.05) is 31.5 Å². The number of rotatable bonds is 4. The topological polar surface area (TPSA) is 77.0 Å². The lowest BCUT2D eigenvalue weighted by Crippen LogP contribution is -2.56. The summed E-state index contributed by atoms with van der Waals surface area (Å²) in [5.74, 6) is -0.861. The molecule has 0 spiro atoms. The normalized spacial score (nSPS) is 19.8. The number of halogens is 1. The van der Waals surface area contributed by atoms with Gasteiger partial charge in [-0.1, -0.05) is 42.5 Å². The van der Waals surface area contributed by atoms with E-state index in [1.54, 1.807) is 12.1 Å². The summed E-state index contributed by atoms with van der Waals surface area (Å²) in [5.41, 5.74) is 1.35. The number of amides is 2. The number of carbonyl (C=O) groups is 2. The Bertz CT molecular complexity index is 942. The van der Waals surface area contributed by atoms with Gasteiger partial charge in [-0.3, -0.25) is 19.8 Å². The molecular weight excluding hydrogens is 385 g/mol. The Morgan fingerprint density at radius 2 is 1.77 bits per heavy atom.